The maximum atomic E-state index is 11.6. The Morgan fingerprint density at radius 2 is 1.90 bits per heavy atom. The van der Waals surface area contributed by atoms with Crippen LogP contribution in [-0.2, 0) is 11.3 Å². The van der Waals surface area contributed by atoms with Gasteiger partial charge in [0.25, 0.3) is 0 Å². The van der Waals surface area contributed by atoms with E-state index in [4.69, 9.17) is 10.5 Å². The Balaban J connectivity index is 2.40. The van der Waals surface area contributed by atoms with Crippen molar-refractivity contribution in [1.82, 2.24) is 5.32 Å². The molecule has 0 bridgehead atoms. The van der Waals surface area contributed by atoms with Crippen LogP contribution in [0.2, 0.25) is 0 Å². The van der Waals surface area contributed by atoms with E-state index in [2.05, 4.69) is 10.6 Å². The lowest BCUT2D eigenvalue weighted by molar-refractivity contribution is 0.0636. The van der Waals surface area contributed by atoms with Gasteiger partial charge in [-0.05, 0) is 58.0 Å². The molecule has 0 aromatic heterocycles. The van der Waals surface area contributed by atoms with Gasteiger partial charge in [-0.15, -0.1) is 0 Å². The topological polar surface area (TPSA) is 76.4 Å². The highest BCUT2D eigenvalue weighted by Gasteiger charge is 2.15. The third kappa shape index (κ3) is 7.11. The van der Waals surface area contributed by atoms with Crippen molar-refractivity contribution in [3.8, 4) is 0 Å². The molecule has 0 spiro atoms. The van der Waals surface area contributed by atoms with Crippen LogP contribution in [0.1, 0.15) is 32.8 Å². The number of carbonyl (C=O) groups is 1. The Hall–Kier alpha value is -1.59. The zero-order valence-corrected chi connectivity index (χ0v) is 12.5. The van der Waals surface area contributed by atoms with Crippen LogP contribution in [-0.4, -0.2) is 24.8 Å². The average molecular weight is 279 g/mol. The van der Waals surface area contributed by atoms with Gasteiger partial charge < -0.3 is 15.8 Å². The van der Waals surface area contributed by atoms with Crippen molar-refractivity contribution in [2.75, 3.05) is 18.4 Å². The van der Waals surface area contributed by atoms with E-state index in [0.29, 0.717) is 6.54 Å². The van der Waals surface area contributed by atoms with Gasteiger partial charge in [0.05, 0.1) is 0 Å². The second kappa shape index (κ2) is 7.87. The fourth-order valence-corrected chi connectivity index (χ4v) is 1.59. The van der Waals surface area contributed by atoms with Crippen molar-refractivity contribution < 1.29 is 9.53 Å². The molecule has 4 N–H and O–H groups in total. The van der Waals surface area contributed by atoms with Crippen LogP contribution in [0, 0.1) is 0 Å². The molecule has 1 aromatic rings. The third-order valence-corrected chi connectivity index (χ3v) is 2.49. The van der Waals surface area contributed by atoms with Gasteiger partial charge in [-0.1, -0.05) is 12.1 Å². The van der Waals surface area contributed by atoms with Crippen molar-refractivity contribution in [2.24, 2.45) is 5.73 Å². The number of carbonyl (C=O) groups excluding carboxylic acids is 1. The molecule has 1 amide bonds. The quantitative estimate of drug-likeness (QED) is 0.699. The van der Waals surface area contributed by atoms with Gasteiger partial charge in [-0.25, -0.2) is 4.79 Å². The molecule has 0 atom stereocenters. The predicted octanol–water partition coefficient (Wildman–Crippen LogP) is 2.47. The molecule has 20 heavy (non-hydrogen) atoms. The standard InChI is InChI=1S/C15H25N3O2/c1-15(2,3)20-14(19)18-13-7-5-12(6-8-13)11-17-10-4-9-16/h5-8,17H,4,9-11,16H2,1-3H3,(H,18,19). The van der Waals surface area contributed by atoms with Gasteiger partial charge in [-0.3, -0.25) is 5.32 Å². The first-order valence-corrected chi connectivity index (χ1v) is 6.90. The fourth-order valence-electron chi connectivity index (χ4n) is 1.59. The van der Waals surface area contributed by atoms with E-state index in [1.165, 1.54) is 0 Å². The number of rotatable bonds is 6. The summed E-state index contributed by atoms with van der Waals surface area (Å²) in [6.07, 6.45) is 0.532. The van der Waals surface area contributed by atoms with E-state index >= 15 is 0 Å². The molecule has 112 valence electrons. The van der Waals surface area contributed by atoms with Gasteiger partial charge in [0.2, 0.25) is 0 Å². The molecule has 0 fully saturated rings. The molecule has 5 heteroatoms. The van der Waals surface area contributed by atoms with E-state index < -0.39 is 11.7 Å². The van der Waals surface area contributed by atoms with E-state index in [-0.39, 0.29) is 0 Å². The Morgan fingerprint density at radius 1 is 1.25 bits per heavy atom. The first-order valence-electron chi connectivity index (χ1n) is 6.90. The van der Waals surface area contributed by atoms with Crippen LogP contribution >= 0.6 is 0 Å². The van der Waals surface area contributed by atoms with Crippen LogP contribution in [0.4, 0.5) is 10.5 Å². The molecule has 1 rings (SSSR count). The first kappa shape index (κ1) is 16.5. The minimum Gasteiger partial charge on any atom is -0.444 e. The number of amides is 1. The molecule has 0 aliphatic rings. The summed E-state index contributed by atoms with van der Waals surface area (Å²) in [5, 5.41) is 6.01. The highest BCUT2D eigenvalue weighted by molar-refractivity contribution is 5.84. The Kier molecular flexibility index (Phi) is 6.48. The zero-order chi connectivity index (χ0) is 15.0. The second-order valence-electron chi connectivity index (χ2n) is 5.64. The summed E-state index contributed by atoms with van der Waals surface area (Å²) in [6.45, 7) is 7.92. The maximum absolute atomic E-state index is 11.6. The zero-order valence-electron chi connectivity index (χ0n) is 12.5. The van der Waals surface area contributed by atoms with Crippen molar-refractivity contribution in [3.05, 3.63) is 29.8 Å². The lowest BCUT2D eigenvalue weighted by Gasteiger charge is -2.19. The van der Waals surface area contributed by atoms with E-state index in [1.807, 2.05) is 45.0 Å². The summed E-state index contributed by atoms with van der Waals surface area (Å²) in [6, 6.07) is 7.68. The molecule has 0 saturated carbocycles. The largest absolute Gasteiger partial charge is 0.444 e. The molecule has 5 nitrogen and oxygen atoms in total. The molecule has 0 aliphatic heterocycles. The van der Waals surface area contributed by atoms with Gasteiger partial charge in [0.1, 0.15) is 5.60 Å². The van der Waals surface area contributed by atoms with Crippen LogP contribution in [0.3, 0.4) is 0 Å². The number of anilines is 1. The van der Waals surface area contributed by atoms with Crippen molar-refractivity contribution >= 4 is 11.8 Å². The summed E-state index contributed by atoms with van der Waals surface area (Å²) in [5.41, 5.74) is 6.83. The second-order valence-corrected chi connectivity index (χ2v) is 5.64. The molecule has 0 aliphatic carbocycles. The predicted molar refractivity (Wildman–Crippen MR) is 81.7 cm³/mol. The monoisotopic (exact) mass is 279 g/mol. The third-order valence-electron chi connectivity index (χ3n) is 2.49. The SMILES string of the molecule is CC(C)(C)OC(=O)Nc1ccc(CNCCCN)cc1. The molecule has 0 saturated heterocycles. The van der Waals surface area contributed by atoms with Crippen molar-refractivity contribution in [1.29, 1.82) is 0 Å². The molecule has 0 heterocycles. The molecular formula is C15H25N3O2. The van der Waals surface area contributed by atoms with Gasteiger partial charge in [0, 0.05) is 12.2 Å². The number of ether oxygens (including phenoxy) is 1. The van der Waals surface area contributed by atoms with E-state index in [0.717, 1.165) is 30.8 Å². The normalized spacial score (nSPS) is 11.2. The first-order chi connectivity index (χ1) is 9.40. The minimum atomic E-state index is -0.489. The Morgan fingerprint density at radius 3 is 2.45 bits per heavy atom. The van der Waals surface area contributed by atoms with Crippen LogP contribution in [0.25, 0.3) is 0 Å². The molecule has 1 aromatic carbocycles. The lowest BCUT2D eigenvalue weighted by Crippen LogP contribution is -2.27. The highest BCUT2D eigenvalue weighted by atomic mass is 16.6. The van der Waals surface area contributed by atoms with Crippen molar-refractivity contribution in [3.63, 3.8) is 0 Å². The summed E-state index contributed by atoms with van der Waals surface area (Å²) >= 11 is 0. The minimum absolute atomic E-state index is 0.439. The van der Waals surface area contributed by atoms with Gasteiger partial charge in [0.15, 0.2) is 0 Å². The van der Waals surface area contributed by atoms with Crippen molar-refractivity contribution in [2.45, 2.75) is 39.3 Å². The van der Waals surface area contributed by atoms with Crippen LogP contribution in [0.5, 0.6) is 0 Å². The fraction of sp³-hybridized carbons (Fsp3) is 0.533. The number of hydrogen-bond donors (Lipinski definition) is 3. The van der Waals surface area contributed by atoms with Gasteiger partial charge >= 0.3 is 6.09 Å². The number of nitrogens with one attached hydrogen (secondary N) is 2. The summed E-state index contributed by atoms with van der Waals surface area (Å²) in [5.74, 6) is 0. The van der Waals surface area contributed by atoms with E-state index in [9.17, 15) is 4.79 Å². The summed E-state index contributed by atoms with van der Waals surface area (Å²) in [4.78, 5) is 11.6. The summed E-state index contributed by atoms with van der Waals surface area (Å²) in [7, 11) is 0. The number of hydrogen-bond acceptors (Lipinski definition) is 4. The molecular weight excluding hydrogens is 254 g/mol. The van der Waals surface area contributed by atoms with Crippen LogP contribution in [0.15, 0.2) is 24.3 Å². The summed E-state index contributed by atoms with van der Waals surface area (Å²) < 4.78 is 5.19. The smallest absolute Gasteiger partial charge is 0.412 e. The molecule has 0 radical (unpaired) electrons. The highest BCUT2D eigenvalue weighted by Crippen LogP contribution is 2.12. The van der Waals surface area contributed by atoms with Crippen LogP contribution < -0.4 is 16.4 Å². The van der Waals surface area contributed by atoms with E-state index in [1.54, 1.807) is 0 Å². The maximum Gasteiger partial charge on any atom is 0.412 e. The average Bonchev–Trinajstić information content (AvgIpc) is 2.34. The van der Waals surface area contributed by atoms with Gasteiger partial charge in [-0.2, -0.15) is 0 Å². The number of nitrogens with two attached hydrogens (primary N) is 1. The lowest BCUT2D eigenvalue weighted by atomic mass is 10.2. The Labute approximate surface area is 120 Å². The Bertz CT molecular complexity index is 410. The molecule has 0 unspecified atom stereocenters. The number of benzene rings is 1.